The van der Waals surface area contributed by atoms with Crippen molar-refractivity contribution in [3.8, 4) is 0 Å². The van der Waals surface area contributed by atoms with E-state index in [1.54, 1.807) is 25.1 Å². The van der Waals surface area contributed by atoms with Crippen molar-refractivity contribution < 1.29 is 19.1 Å². The molecule has 0 atom stereocenters. The Morgan fingerprint density at radius 2 is 2.00 bits per heavy atom. The van der Waals surface area contributed by atoms with Gasteiger partial charge in [-0.05, 0) is 43.2 Å². The molecular weight excluding hydrogens is 270 g/mol. The van der Waals surface area contributed by atoms with Crippen molar-refractivity contribution in [2.45, 2.75) is 13.8 Å². The van der Waals surface area contributed by atoms with Gasteiger partial charge in [-0.3, -0.25) is 4.79 Å². The van der Waals surface area contributed by atoms with Crippen LogP contribution < -0.4 is 5.32 Å². The van der Waals surface area contributed by atoms with Crippen molar-refractivity contribution in [2.24, 2.45) is 0 Å². The van der Waals surface area contributed by atoms with E-state index >= 15 is 0 Å². The minimum absolute atomic E-state index is 0.269. The molecule has 0 radical (unpaired) electrons. The Kier molecular flexibility index (Phi) is 4.23. The smallest absolute Gasteiger partial charge is 0.328 e. The maximum atomic E-state index is 12.1. The van der Waals surface area contributed by atoms with Gasteiger partial charge in [0.1, 0.15) is 12.0 Å². The molecule has 0 fully saturated rings. The highest BCUT2D eigenvalue weighted by Crippen LogP contribution is 2.19. The van der Waals surface area contributed by atoms with Crippen LogP contribution in [0, 0.1) is 13.8 Å². The van der Waals surface area contributed by atoms with Gasteiger partial charge in [0.2, 0.25) is 0 Å². The molecule has 0 aliphatic carbocycles. The number of furan rings is 1. The van der Waals surface area contributed by atoms with Gasteiger partial charge in [-0.15, -0.1) is 0 Å². The van der Waals surface area contributed by atoms with Crippen LogP contribution in [-0.4, -0.2) is 17.0 Å². The first kappa shape index (κ1) is 14.6. The quantitative estimate of drug-likeness (QED) is 0.845. The number of carboxylic acid groups (broad SMARTS) is 1. The summed E-state index contributed by atoms with van der Waals surface area (Å²) < 4.78 is 5.10. The molecule has 1 aromatic heterocycles. The average molecular weight is 285 g/mol. The number of anilines is 1. The van der Waals surface area contributed by atoms with E-state index < -0.39 is 5.97 Å². The number of carboxylic acids is 1. The average Bonchev–Trinajstić information content (AvgIpc) is 2.86. The Morgan fingerprint density at radius 3 is 2.62 bits per heavy atom. The van der Waals surface area contributed by atoms with Crippen LogP contribution in [0.2, 0.25) is 0 Å². The number of hydrogen-bond acceptors (Lipinski definition) is 3. The van der Waals surface area contributed by atoms with Gasteiger partial charge in [0, 0.05) is 11.8 Å². The minimum Gasteiger partial charge on any atom is -0.478 e. The summed E-state index contributed by atoms with van der Waals surface area (Å²) in [6, 6.07) is 6.97. The SMILES string of the molecule is Cc1cc(C(=O)Nc2cc(/C=C/C(=O)O)ccc2C)co1. The Balaban J connectivity index is 2.21. The van der Waals surface area contributed by atoms with Gasteiger partial charge >= 0.3 is 5.97 Å². The van der Waals surface area contributed by atoms with Gasteiger partial charge in [-0.2, -0.15) is 0 Å². The summed E-state index contributed by atoms with van der Waals surface area (Å²) in [6.45, 7) is 3.63. The van der Waals surface area contributed by atoms with Crippen molar-refractivity contribution in [1.82, 2.24) is 0 Å². The van der Waals surface area contributed by atoms with Crippen molar-refractivity contribution in [2.75, 3.05) is 5.32 Å². The second kappa shape index (κ2) is 6.09. The molecule has 0 saturated heterocycles. The summed E-state index contributed by atoms with van der Waals surface area (Å²) in [5.74, 6) is -0.626. The predicted octanol–water partition coefficient (Wildman–Crippen LogP) is 3.25. The lowest BCUT2D eigenvalue weighted by molar-refractivity contribution is -0.131. The summed E-state index contributed by atoms with van der Waals surface area (Å²) >= 11 is 0. The third-order valence-electron chi connectivity index (χ3n) is 2.92. The maximum Gasteiger partial charge on any atom is 0.328 e. The van der Waals surface area contributed by atoms with E-state index in [2.05, 4.69) is 5.32 Å². The van der Waals surface area contributed by atoms with Gasteiger partial charge in [0.15, 0.2) is 0 Å². The maximum absolute atomic E-state index is 12.1. The number of nitrogens with one attached hydrogen (secondary N) is 1. The number of carbonyl (C=O) groups excluding carboxylic acids is 1. The second-order valence-electron chi connectivity index (χ2n) is 4.65. The Labute approximate surface area is 121 Å². The first-order valence-electron chi connectivity index (χ1n) is 6.34. The molecule has 1 heterocycles. The van der Waals surface area contributed by atoms with E-state index in [-0.39, 0.29) is 5.91 Å². The number of aliphatic carboxylic acids is 1. The first-order chi connectivity index (χ1) is 9.95. The summed E-state index contributed by atoms with van der Waals surface area (Å²) in [4.78, 5) is 22.6. The van der Waals surface area contributed by atoms with Crippen LogP contribution in [0.1, 0.15) is 27.2 Å². The largest absolute Gasteiger partial charge is 0.478 e. The van der Waals surface area contributed by atoms with Gasteiger partial charge in [-0.1, -0.05) is 12.1 Å². The standard InChI is InChI=1S/C16H15NO4/c1-10-3-4-12(5-6-15(18)19)8-14(10)17-16(20)13-7-11(2)21-9-13/h3-9H,1-2H3,(H,17,20)(H,18,19)/b6-5+. The minimum atomic E-state index is -1.02. The monoisotopic (exact) mass is 285 g/mol. The van der Waals surface area contributed by atoms with E-state index in [0.29, 0.717) is 22.6 Å². The lowest BCUT2D eigenvalue weighted by Gasteiger charge is -2.08. The molecule has 0 saturated carbocycles. The van der Waals surface area contributed by atoms with Gasteiger partial charge in [0.05, 0.1) is 5.56 Å². The highest BCUT2D eigenvalue weighted by Gasteiger charge is 2.10. The van der Waals surface area contributed by atoms with Crippen molar-refractivity contribution in [1.29, 1.82) is 0 Å². The van der Waals surface area contributed by atoms with Crippen molar-refractivity contribution in [3.05, 3.63) is 59.1 Å². The predicted molar refractivity (Wildman–Crippen MR) is 79.2 cm³/mol. The summed E-state index contributed by atoms with van der Waals surface area (Å²) in [6.07, 6.45) is 3.92. The van der Waals surface area contributed by atoms with Gasteiger partial charge < -0.3 is 14.8 Å². The second-order valence-corrected chi connectivity index (χ2v) is 4.65. The fourth-order valence-electron chi connectivity index (χ4n) is 1.80. The van der Waals surface area contributed by atoms with Crippen LogP contribution >= 0.6 is 0 Å². The molecule has 0 bridgehead atoms. The molecular formula is C16H15NO4. The van der Waals surface area contributed by atoms with Gasteiger partial charge in [0.25, 0.3) is 5.91 Å². The van der Waals surface area contributed by atoms with Crippen LogP contribution in [0.15, 0.2) is 41.0 Å². The highest BCUT2D eigenvalue weighted by molar-refractivity contribution is 6.04. The lowest BCUT2D eigenvalue weighted by atomic mass is 10.1. The fourth-order valence-corrected chi connectivity index (χ4v) is 1.80. The van der Waals surface area contributed by atoms with E-state index in [1.807, 2.05) is 13.0 Å². The molecule has 108 valence electrons. The topological polar surface area (TPSA) is 79.5 Å². The zero-order valence-electron chi connectivity index (χ0n) is 11.7. The Bertz CT molecular complexity index is 713. The molecule has 1 amide bonds. The molecule has 2 N–H and O–H groups in total. The number of hydrogen-bond donors (Lipinski definition) is 2. The lowest BCUT2D eigenvalue weighted by Crippen LogP contribution is -2.11. The van der Waals surface area contributed by atoms with E-state index in [4.69, 9.17) is 9.52 Å². The molecule has 5 heteroatoms. The zero-order chi connectivity index (χ0) is 15.4. The van der Waals surface area contributed by atoms with Gasteiger partial charge in [-0.25, -0.2) is 4.79 Å². The zero-order valence-corrected chi connectivity index (χ0v) is 11.7. The van der Waals surface area contributed by atoms with Crippen LogP contribution in [0.5, 0.6) is 0 Å². The molecule has 1 aromatic carbocycles. The molecule has 5 nitrogen and oxygen atoms in total. The number of benzene rings is 1. The van der Waals surface area contributed by atoms with E-state index in [0.717, 1.165) is 11.6 Å². The molecule has 0 aliphatic rings. The van der Waals surface area contributed by atoms with E-state index in [1.165, 1.54) is 12.3 Å². The Hall–Kier alpha value is -2.82. The molecule has 0 aliphatic heterocycles. The normalized spacial score (nSPS) is 10.8. The fraction of sp³-hybridized carbons (Fsp3) is 0.125. The summed E-state index contributed by atoms with van der Waals surface area (Å²) in [5.41, 5.74) is 2.66. The highest BCUT2D eigenvalue weighted by atomic mass is 16.4. The van der Waals surface area contributed by atoms with Crippen molar-refractivity contribution in [3.63, 3.8) is 0 Å². The van der Waals surface area contributed by atoms with Crippen LogP contribution in [0.3, 0.4) is 0 Å². The first-order valence-corrected chi connectivity index (χ1v) is 6.34. The third-order valence-corrected chi connectivity index (χ3v) is 2.92. The molecule has 2 rings (SSSR count). The summed E-state index contributed by atoms with van der Waals surface area (Å²) in [5, 5.41) is 11.4. The number of amides is 1. The Morgan fingerprint density at radius 1 is 1.24 bits per heavy atom. The van der Waals surface area contributed by atoms with Crippen LogP contribution in [-0.2, 0) is 4.79 Å². The molecule has 0 unspecified atom stereocenters. The van der Waals surface area contributed by atoms with Crippen LogP contribution in [0.25, 0.3) is 6.08 Å². The number of rotatable bonds is 4. The number of aryl methyl sites for hydroxylation is 2. The van der Waals surface area contributed by atoms with E-state index in [9.17, 15) is 9.59 Å². The number of carbonyl (C=O) groups is 2. The molecule has 2 aromatic rings. The summed E-state index contributed by atoms with van der Waals surface area (Å²) in [7, 11) is 0. The third kappa shape index (κ3) is 3.82. The molecule has 0 spiro atoms. The molecule has 21 heavy (non-hydrogen) atoms. The van der Waals surface area contributed by atoms with Crippen molar-refractivity contribution >= 4 is 23.6 Å². The van der Waals surface area contributed by atoms with Crippen LogP contribution in [0.4, 0.5) is 5.69 Å².